The van der Waals surface area contributed by atoms with E-state index in [9.17, 15) is 9.18 Å². The van der Waals surface area contributed by atoms with Crippen LogP contribution in [0.25, 0.3) is 0 Å². The van der Waals surface area contributed by atoms with E-state index in [1.807, 2.05) is 24.3 Å². The number of carbonyl (C=O) groups excluding carboxylic acids is 1. The molecule has 0 amide bonds. The van der Waals surface area contributed by atoms with Gasteiger partial charge in [0.2, 0.25) is 0 Å². The zero-order valence-corrected chi connectivity index (χ0v) is 13.1. The van der Waals surface area contributed by atoms with Gasteiger partial charge >= 0.3 is 0 Å². The van der Waals surface area contributed by atoms with Crippen molar-refractivity contribution in [1.29, 1.82) is 0 Å². The number of anilines is 1. The molecule has 0 atom stereocenters. The highest BCUT2D eigenvalue weighted by Crippen LogP contribution is 2.28. The Morgan fingerprint density at radius 3 is 2.81 bits per heavy atom. The molecule has 2 nitrogen and oxygen atoms in total. The zero-order chi connectivity index (χ0) is 14.8. The Morgan fingerprint density at radius 1 is 1.19 bits per heavy atom. The number of halogens is 2. The Bertz CT molecular complexity index is 686. The first-order valence-electron chi connectivity index (χ1n) is 6.96. The van der Waals surface area contributed by atoms with Crippen LogP contribution in [0, 0.1) is 5.82 Å². The number of hydrogen-bond donors (Lipinski definition) is 0. The maximum absolute atomic E-state index is 13.3. The van der Waals surface area contributed by atoms with E-state index in [0.717, 1.165) is 29.8 Å². The Hall–Kier alpha value is -1.68. The number of Topliss-reactive ketones (excluding diaryl/α,β-unsaturated/α-hetero) is 1. The molecule has 0 bridgehead atoms. The third-order valence-electron chi connectivity index (χ3n) is 3.73. The lowest BCUT2D eigenvalue weighted by molar-refractivity contribution is 0.0984. The molecule has 1 aliphatic heterocycles. The van der Waals surface area contributed by atoms with Crippen molar-refractivity contribution in [2.75, 3.05) is 11.4 Å². The molecule has 0 fully saturated rings. The van der Waals surface area contributed by atoms with Crippen LogP contribution in [0.2, 0.25) is 0 Å². The average Bonchev–Trinajstić information content (AvgIpc) is 2.64. The van der Waals surface area contributed by atoms with Gasteiger partial charge in [-0.15, -0.1) is 0 Å². The third kappa shape index (κ3) is 3.00. The van der Waals surface area contributed by atoms with Gasteiger partial charge < -0.3 is 4.90 Å². The molecule has 108 valence electrons. The molecule has 4 heteroatoms. The first-order valence-corrected chi connectivity index (χ1v) is 7.75. The fourth-order valence-electron chi connectivity index (χ4n) is 2.69. The summed E-state index contributed by atoms with van der Waals surface area (Å²) in [5.74, 6) is -0.0569. The molecule has 0 saturated carbocycles. The molecule has 0 aliphatic carbocycles. The Kier molecular flexibility index (Phi) is 4.06. The summed E-state index contributed by atoms with van der Waals surface area (Å²) in [6, 6.07) is 12.8. The molecule has 21 heavy (non-hydrogen) atoms. The molecule has 2 aromatic rings. The van der Waals surface area contributed by atoms with Crippen molar-refractivity contribution < 1.29 is 9.18 Å². The predicted octanol–water partition coefficient (Wildman–Crippen LogP) is 4.57. The monoisotopic (exact) mass is 347 g/mol. The Balaban J connectivity index is 1.92. The molecule has 0 spiro atoms. The second kappa shape index (κ2) is 5.98. The normalized spacial score (nSPS) is 14.8. The van der Waals surface area contributed by atoms with E-state index >= 15 is 0 Å². The highest BCUT2D eigenvalue weighted by molar-refractivity contribution is 9.10. The van der Waals surface area contributed by atoms with Crippen LogP contribution >= 0.6 is 15.9 Å². The first-order chi connectivity index (χ1) is 10.1. The average molecular weight is 348 g/mol. The number of fused-ring (bicyclic) bond motifs is 1. The summed E-state index contributed by atoms with van der Waals surface area (Å²) in [6.45, 7) is 1.50. The van der Waals surface area contributed by atoms with Crippen molar-refractivity contribution in [3.63, 3.8) is 0 Å². The Morgan fingerprint density at radius 2 is 2.00 bits per heavy atom. The Labute approximate surface area is 131 Å². The highest BCUT2D eigenvalue weighted by Gasteiger charge is 2.20. The van der Waals surface area contributed by atoms with Crippen LogP contribution in [-0.4, -0.2) is 12.3 Å². The number of rotatable bonds is 2. The van der Waals surface area contributed by atoms with E-state index in [1.165, 1.54) is 6.07 Å². The van der Waals surface area contributed by atoms with Gasteiger partial charge in [-0.05, 0) is 52.2 Å². The van der Waals surface area contributed by atoms with Gasteiger partial charge in [0.1, 0.15) is 5.82 Å². The summed E-state index contributed by atoms with van der Waals surface area (Å²) < 4.78 is 13.8. The highest BCUT2D eigenvalue weighted by atomic mass is 79.9. The molecule has 1 heterocycles. The number of hydrogen-bond acceptors (Lipinski definition) is 2. The number of carbonyl (C=O) groups is 1. The number of para-hydroxylation sites is 1. The first kappa shape index (κ1) is 14.3. The minimum Gasteiger partial charge on any atom is -0.367 e. The molecule has 3 rings (SSSR count). The van der Waals surface area contributed by atoms with Crippen molar-refractivity contribution in [2.45, 2.75) is 19.4 Å². The van der Waals surface area contributed by atoms with Crippen LogP contribution in [0.4, 0.5) is 10.1 Å². The molecule has 0 unspecified atom stereocenters. The topological polar surface area (TPSA) is 20.3 Å². The molecule has 0 N–H and O–H groups in total. The summed E-state index contributed by atoms with van der Waals surface area (Å²) in [4.78, 5) is 14.3. The van der Waals surface area contributed by atoms with Gasteiger partial charge in [0, 0.05) is 30.8 Å². The predicted molar refractivity (Wildman–Crippen MR) is 85.2 cm³/mol. The van der Waals surface area contributed by atoms with Crippen molar-refractivity contribution >= 4 is 27.4 Å². The van der Waals surface area contributed by atoms with Gasteiger partial charge in [0.15, 0.2) is 5.78 Å². The van der Waals surface area contributed by atoms with Gasteiger partial charge in [-0.3, -0.25) is 4.79 Å². The van der Waals surface area contributed by atoms with E-state index in [1.54, 1.807) is 12.1 Å². The lowest BCUT2D eigenvalue weighted by Crippen LogP contribution is -2.23. The smallest absolute Gasteiger partial charge is 0.165 e. The molecular formula is C17H15BrFNO. The standard InChI is InChI=1S/C17H15BrFNO/c18-14-10-12(7-8-15(14)19)11-20-9-3-6-17(21)13-4-1-2-5-16(13)20/h1-2,4-5,7-8,10H,3,6,9,11H2. The number of benzene rings is 2. The summed E-state index contributed by atoms with van der Waals surface area (Å²) in [6.07, 6.45) is 1.43. The quantitative estimate of drug-likeness (QED) is 0.792. The van der Waals surface area contributed by atoms with E-state index < -0.39 is 0 Å². The van der Waals surface area contributed by atoms with Gasteiger partial charge in [-0.25, -0.2) is 4.39 Å². The summed E-state index contributed by atoms with van der Waals surface area (Å²) in [5, 5.41) is 0. The maximum atomic E-state index is 13.3. The minimum atomic E-state index is -0.259. The van der Waals surface area contributed by atoms with Crippen LogP contribution in [0.1, 0.15) is 28.8 Å². The van der Waals surface area contributed by atoms with Gasteiger partial charge in [0.05, 0.1) is 4.47 Å². The molecule has 1 aliphatic rings. The van der Waals surface area contributed by atoms with Crippen LogP contribution in [0.5, 0.6) is 0 Å². The third-order valence-corrected chi connectivity index (χ3v) is 4.34. The maximum Gasteiger partial charge on any atom is 0.165 e. The lowest BCUT2D eigenvalue weighted by Gasteiger charge is -2.24. The van der Waals surface area contributed by atoms with Crippen molar-refractivity contribution in [3.05, 3.63) is 63.9 Å². The molecule has 2 aromatic carbocycles. The number of nitrogens with zero attached hydrogens (tertiary/aromatic N) is 1. The molecular weight excluding hydrogens is 333 g/mol. The second-order valence-electron chi connectivity index (χ2n) is 5.21. The SMILES string of the molecule is O=C1CCCN(Cc2ccc(F)c(Br)c2)c2ccccc21. The fourth-order valence-corrected chi connectivity index (χ4v) is 3.12. The summed E-state index contributed by atoms with van der Waals surface area (Å²) in [5.41, 5.74) is 2.78. The summed E-state index contributed by atoms with van der Waals surface area (Å²) >= 11 is 3.22. The van der Waals surface area contributed by atoms with E-state index in [-0.39, 0.29) is 11.6 Å². The molecule has 0 radical (unpaired) electrons. The number of ketones is 1. The molecule has 0 saturated heterocycles. The fraction of sp³-hybridized carbons (Fsp3) is 0.235. The van der Waals surface area contributed by atoms with E-state index in [0.29, 0.717) is 17.4 Å². The van der Waals surface area contributed by atoms with Crippen LogP contribution < -0.4 is 4.90 Å². The van der Waals surface area contributed by atoms with Crippen LogP contribution in [0.3, 0.4) is 0 Å². The van der Waals surface area contributed by atoms with Gasteiger partial charge in [-0.2, -0.15) is 0 Å². The van der Waals surface area contributed by atoms with Gasteiger partial charge in [0.25, 0.3) is 0 Å². The van der Waals surface area contributed by atoms with Crippen molar-refractivity contribution in [1.82, 2.24) is 0 Å². The second-order valence-corrected chi connectivity index (χ2v) is 6.07. The van der Waals surface area contributed by atoms with Crippen molar-refractivity contribution in [2.24, 2.45) is 0 Å². The van der Waals surface area contributed by atoms with E-state index in [4.69, 9.17) is 0 Å². The van der Waals surface area contributed by atoms with Crippen LogP contribution in [0.15, 0.2) is 46.9 Å². The van der Waals surface area contributed by atoms with Crippen LogP contribution in [-0.2, 0) is 6.54 Å². The zero-order valence-electron chi connectivity index (χ0n) is 11.5. The van der Waals surface area contributed by atoms with E-state index in [2.05, 4.69) is 20.8 Å². The summed E-state index contributed by atoms with van der Waals surface area (Å²) in [7, 11) is 0. The van der Waals surface area contributed by atoms with Gasteiger partial charge in [-0.1, -0.05) is 18.2 Å². The minimum absolute atomic E-state index is 0.202. The van der Waals surface area contributed by atoms with Crippen molar-refractivity contribution in [3.8, 4) is 0 Å². The lowest BCUT2D eigenvalue weighted by atomic mass is 10.1. The largest absolute Gasteiger partial charge is 0.367 e. The molecule has 0 aromatic heterocycles.